The van der Waals surface area contributed by atoms with Crippen molar-refractivity contribution in [1.29, 1.82) is 0 Å². The van der Waals surface area contributed by atoms with E-state index in [1.807, 2.05) is 0 Å². The molecule has 0 aromatic carbocycles. The molecular weight excluding hydrogens is 210 g/mol. The molecule has 0 aliphatic carbocycles. The fourth-order valence-electron chi connectivity index (χ4n) is 1.94. The summed E-state index contributed by atoms with van der Waals surface area (Å²) in [6.07, 6.45) is 1.69. The van der Waals surface area contributed by atoms with Crippen molar-refractivity contribution < 1.29 is 14.3 Å². The van der Waals surface area contributed by atoms with Crippen molar-refractivity contribution >= 4 is 11.8 Å². The SMILES string of the molecule is NC1(C(=O)NC2CCC(=O)NC2)CCOC1. The number of ether oxygens (including phenoxy) is 1. The maximum Gasteiger partial charge on any atom is 0.242 e. The highest BCUT2D eigenvalue weighted by molar-refractivity contribution is 5.87. The zero-order valence-corrected chi connectivity index (χ0v) is 9.12. The second-order valence-electron chi connectivity index (χ2n) is 4.47. The van der Waals surface area contributed by atoms with Crippen molar-refractivity contribution in [2.24, 2.45) is 5.73 Å². The first-order valence-corrected chi connectivity index (χ1v) is 5.54. The van der Waals surface area contributed by atoms with Crippen LogP contribution in [0.15, 0.2) is 0 Å². The molecule has 2 fully saturated rings. The van der Waals surface area contributed by atoms with Crippen LogP contribution in [0.25, 0.3) is 0 Å². The van der Waals surface area contributed by atoms with Gasteiger partial charge >= 0.3 is 0 Å². The Balaban J connectivity index is 1.85. The van der Waals surface area contributed by atoms with E-state index in [2.05, 4.69) is 10.6 Å². The molecule has 0 radical (unpaired) electrons. The minimum absolute atomic E-state index is 0.00812. The first-order chi connectivity index (χ1) is 7.60. The van der Waals surface area contributed by atoms with E-state index < -0.39 is 5.54 Å². The van der Waals surface area contributed by atoms with Crippen LogP contribution < -0.4 is 16.4 Å². The van der Waals surface area contributed by atoms with Crippen LogP contribution in [0.5, 0.6) is 0 Å². The summed E-state index contributed by atoms with van der Waals surface area (Å²) in [5.41, 5.74) is 5.04. The Kier molecular flexibility index (Phi) is 3.11. The Bertz CT molecular complexity index is 290. The maximum absolute atomic E-state index is 11.9. The largest absolute Gasteiger partial charge is 0.379 e. The molecule has 0 spiro atoms. The molecule has 0 aromatic rings. The minimum Gasteiger partial charge on any atom is -0.379 e. The van der Waals surface area contributed by atoms with E-state index in [9.17, 15) is 9.59 Å². The molecular formula is C10H17N3O3. The number of piperidine rings is 1. The molecule has 2 rings (SSSR count). The van der Waals surface area contributed by atoms with Gasteiger partial charge in [-0.1, -0.05) is 0 Å². The van der Waals surface area contributed by atoms with Crippen LogP contribution in [0.2, 0.25) is 0 Å². The van der Waals surface area contributed by atoms with Gasteiger partial charge in [-0.15, -0.1) is 0 Å². The number of carbonyl (C=O) groups is 2. The van der Waals surface area contributed by atoms with Crippen LogP contribution in [0.1, 0.15) is 19.3 Å². The Hall–Kier alpha value is -1.14. The molecule has 2 atom stereocenters. The van der Waals surface area contributed by atoms with E-state index in [4.69, 9.17) is 10.5 Å². The van der Waals surface area contributed by atoms with Gasteiger partial charge in [-0.25, -0.2) is 0 Å². The number of hydrogen-bond donors (Lipinski definition) is 3. The van der Waals surface area contributed by atoms with E-state index in [0.29, 0.717) is 32.4 Å². The second-order valence-corrected chi connectivity index (χ2v) is 4.47. The van der Waals surface area contributed by atoms with E-state index >= 15 is 0 Å². The van der Waals surface area contributed by atoms with Gasteiger partial charge in [-0.05, 0) is 12.8 Å². The standard InChI is InChI=1S/C10H17N3O3/c11-10(3-4-16-6-10)9(15)13-7-1-2-8(14)12-5-7/h7H,1-6,11H2,(H,12,14)(H,13,15). The Morgan fingerprint density at radius 1 is 1.62 bits per heavy atom. The van der Waals surface area contributed by atoms with Gasteiger partial charge in [0.15, 0.2) is 0 Å². The smallest absolute Gasteiger partial charge is 0.242 e. The lowest BCUT2D eigenvalue weighted by Gasteiger charge is -2.28. The van der Waals surface area contributed by atoms with Crippen molar-refractivity contribution in [3.63, 3.8) is 0 Å². The molecule has 0 bridgehead atoms. The van der Waals surface area contributed by atoms with Crippen LogP contribution in [-0.4, -0.2) is 43.2 Å². The Labute approximate surface area is 93.9 Å². The lowest BCUT2D eigenvalue weighted by Crippen LogP contribution is -2.59. The quantitative estimate of drug-likeness (QED) is 0.535. The summed E-state index contributed by atoms with van der Waals surface area (Å²) >= 11 is 0. The molecule has 4 N–H and O–H groups in total. The summed E-state index contributed by atoms with van der Waals surface area (Å²) in [6, 6.07) is -0.00812. The lowest BCUT2D eigenvalue weighted by atomic mass is 9.97. The Morgan fingerprint density at radius 3 is 3.00 bits per heavy atom. The number of nitrogens with one attached hydrogen (secondary N) is 2. The number of amides is 2. The molecule has 2 unspecified atom stereocenters. The second kappa shape index (κ2) is 4.39. The molecule has 0 saturated carbocycles. The van der Waals surface area contributed by atoms with E-state index in [1.54, 1.807) is 0 Å². The normalized spacial score (nSPS) is 34.6. The first-order valence-electron chi connectivity index (χ1n) is 5.54. The molecule has 90 valence electrons. The van der Waals surface area contributed by atoms with Gasteiger partial charge in [-0.2, -0.15) is 0 Å². The van der Waals surface area contributed by atoms with E-state index in [-0.39, 0.29) is 24.5 Å². The molecule has 2 aliphatic heterocycles. The summed E-state index contributed by atoms with van der Waals surface area (Å²) in [4.78, 5) is 22.8. The average molecular weight is 227 g/mol. The van der Waals surface area contributed by atoms with Gasteiger partial charge in [0, 0.05) is 25.6 Å². The predicted octanol–water partition coefficient (Wildman–Crippen LogP) is -1.50. The molecule has 16 heavy (non-hydrogen) atoms. The van der Waals surface area contributed by atoms with E-state index in [1.165, 1.54) is 0 Å². The van der Waals surface area contributed by atoms with Gasteiger partial charge in [0.05, 0.1) is 6.61 Å². The number of rotatable bonds is 2. The zero-order valence-electron chi connectivity index (χ0n) is 9.12. The molecule has 2 aliphatic rings. The minimum atomic E-state index is -0.887. The van der Waals surface area contributed by atoms with Crippen molar-refractivity contribution in [3.8, 4) is 0 Å². The van der Waals surface area contributed by atoms with Crippen LogP contribution in [-0.2, 0) is 14.3 Å². The topological polar surface area (TPSA) is 93.5 Å². The third-order valence-electron chi connectivity index (χ3n) is 3.11. The summed E-state index contributed by atoms with van der Waals surface area (Å²) in [6.45, 7) is 1.30. The monoisotopic (exact) mass is 227 g/mol. The molecule has 2 saturated heterocycles. The maximum atomic E-state index is 11.9. The first kappa shape index (κ1) is 11.3. The van der Waals surface area contributed by atoms with Gasteiger partial charge in [0.1, 0.15) is 5.54 Å². The van der Waals surface area contributed by atoms with E-state index in [0.717, 1.165) is 0 Å². The fourth-order valence-corrected chi connectivity index (χ4v) is 1.94. The van der Waals surface area contributed by atoms with Crippen molar-refractivity contribution in [2.45, 2.75) is 30.8 Å². The molecule has 6 heteroatoms. The van der Waals surface area contributed by atoms with Crippen LogP contribution >= 0.6 is 0 Å². The summed E-state index contributed by atoms with van der Waals surface area (Å²) in [5, 5.41) is 5.58. The van der Waals surface area contributed by atoms with Crippen molar-refractivity contribution in [1.82, 2.24) is 10.6 Å². The Morgan fingerprint density at radius 2 is 2.44 bits per heavy atom. The molecule has 6 nitrogen and oxygen atoms in total. The van der Waals surface area contributed by atoms with Gasteiger partial charge in [-0.3, -0.25) is 9.59 Å². The van der Waals surface area contributed by atoms with Crippen molar-refractivity contribution in [2.75, 3.05) is 19.8 Å². The molecule has 2 heterocycles. The third kappa shape index (κ3) is 2.33. The average Bonchev–Trinajstić information content (AvgIpc) is 2.70. The zero-order chi connectivity index (χ0) is 11.6. The van der Waals surface area contributed by atoms with Crippen LogP contribution in [0.3, 0.4) is 0 Å². The number of carbonyl (C=O) groups excluding carboxylic acids is 2. The predicted molar refractivity (Wildman–Crippen MR) is 56.5 cm³/mol. The van der Waals surface area contributed by atoms with Crippen LogP contribution in [0, 0.1) is 0 Å². The molecule has 2 amide bonds. The number of hydrogen-bond acceptors (Lipinski definition) is 4. The highest BCUT2D eigenvalue weighted by Crippen LogP contribution is 2.16. The summed E-state index contributed by atoms with van der Waals surface area (Å²) < 4.78 is 5.13. The third-order valence-corrected chi connectivity index (χ3v) is 3.11. The van der Waals surface area contributed by atoms with Gasteiger partial charge < -0.3 is 21.1 Å². The lowest BCUT2D eigenvalue weighted by molar-refractivity contribution is -0.129. The number of nitrogens with two attached hydrogens (primary N) is 1. The van der Waals surface area contributed by atoms with Gasteiger partial charge in [0.25, 0.3) is 0 Å². The molecule has 0 aromatic heterocycles. The highest BCUT2D eigenvalue weighted by Gasteiger charge is 2.39. The fraction of sp³-hybridized carbons (Fsp3) is 0.800. The summed E-state index contributed by atoms with van der Waals surface area (Å²) in [5.74, 6) is -0.136. The summed E-state index contributed by atoms with van der Waals surface area (Å²) in [7, 11) is 0. The van der Waals surface area contributed by atoms with Crippen LogP contribution in [0.4, 0.5) is 0 Å². The van der Waals surface area contributed by atoms with Gasteiger partial charge in [0.2, 0.25) is 11.8 Å². The van der Waals surface area contributed by atoms with Crippen molar-refractivity contribution in [3.05, 3.63) is 0 Å². The highest BCUT2D eigenvalue weighted by atomic mass is 16.5.